The second-order valence-electron chi connectivity index (χ2n) is 6.95. The first kappa shape index (κ1) is 20.2. The zero-order valence-electron chi connectivity index (χ0n) is 16.1. The summed E-state index contributed by atoms with van der Waals surface area (Å²) in [5.74, 6) is -0.405. The van der Waals surface area contributed by atoms with Gasteiger partial charge in [-0.25, -0.2) is 8.42 Å². The molecule has 150 valence electrons. The highest BCUT2D eigenvalue weighted by molar-refractivity contribution is 7.92. The number of hydrogen-bond donors (Lipinski definition) is 2. The molecule has 3 rings (SSSR count). The number of nitrogens with zero attached hydrogens (tertiary/aromatic N) is 1. The van der Waals surface area contributed by atoms with Crippen LogP contribution in [0.5, 0.6) is 0 Å². The molecule has 1 aliphatic rings. The van der Waals surface area contributed by atoms with E-state index in [0.29, 0.717) is 5.69 Å². The molecular weight excluding hydrogens is 374 g/mol. The number of rotatable bonds is 6. The summed E-state index contributed by atoms with van der Waals surface area (Å²) in [6.45, 7) is 3.68. The van der Waals surface area contributed by atoms with Crippen molar-refractivity contribution in [2.45, 2.75) is 32.6 Å². The third kappa shape index (κ3) is 5.25. The molecule has 0 aromatic heterocycles. The summed E-state index contributed by atoms with van der Waals surface area (Å²) < 4.78 is 26.2. The Morgan fingerprint density at radius 2 is 1.61 bits per heavy atom. The predicted octanol–water partition coefficient (Wildman–Crippen LogP) is 4.08. The molecule has 1 saturated heterocycles. The molecule has 2 N–H and O–H groups in total. The molecule has 1 heterocycles. The molecule has 7 heteroatoms. The fourth-order valence-electron chi connectivity index (χ4n) is 3.29. The molecule has 0 atom stereocenters. The van der Waals surface area contributed by atoms with E-state index in [0.717, 1.165) is 18.8 Å². The van der Waals surface area contributed by atoms with E-state index in [1.807, 2.05) is 24.3 Å². The average molecular weight is 402 g/mol. The highest BCUT2D eigenvalue weighted by atomic mass is 32.2. The molecule has 0 spiro atoms. The minimum absolute atomic E-state index is 0.0546. The molecule has 0 unspecified atom stereocenters. The van der Waals surface area contributed by atoms with Crippen LogP contribution in [0.3, 0.4) is 0 Å². The maximum absolute atomic E-state index is 12.7. The predicted molar refractivity (Wildman–Crippen MR) is 115 cm³/mol. The van der Waals surface area contributed by atoms with Gasteiger partial charge in [0.2, 0.25) is 10.0 Å². The van der Waals surface area contributed by atoms with Crippen molar-refractivity contribution in [2.75, 3.05) is 33.8 Å². The van der Waals surface area contributed by atoms with Gasteiger partial charge in [0.1, 0.15) is 0 Å². The number of carbonyl (C=O) groups excluding carboxylic acids is 1. The molecule has 1 fully saturated rings. The van der Waals surface area contributed by atoms with E-state index < -0.39 is 10.0 Å². The summed E-state index contributed by atoms with van der Waals surface area (Å²) in [7, 11) is -3.46. The van der Waals surface area contributed by atoms with E-state index in [2.05, 4.69) is 14.9 Å². The van der Waals surface area contributed by atoms with Gasteiger partial charge in [-0.05, 0) is 56.2 Å². The number of hydrogen-bond acceptors (Lipinski definition) is 4. The molecule has 0 saturated carbocycles. The molecule has 0 radical (unpaired) electrons. The SMILES string of the molecule is CCS(=O)(=O)Nc1ccccc1C(=O)Nc1ccc(N2CCCCCC2)cc1. The van der Waals surface area contributed by atoms with E-state index >= 15 is 0 Å². The van der Waals surface area contributed by atoms with Crippen molar-refractivity contribution >= 4 is 33.0 Å². The maximum atomic E-state index is 12.7. The molecule has 1 amide bonds. The zero-order chi connectivity index (χ0) is 20.0. The fraction of sp³-hybridized carbons (Fsp3) is 0.381. The van der Waals surface area contributed by atoms with Crippen molar-refractivity contribution in [2.24, 2.45) is 0 Å². The van der Waals surface area contributed by atoms with Crippen LogP contribution in [0, 0.1) is 0 Å². The quantitative estimate of drug-likeness (QED) is 0.764. The van der Waals surface area contributed by atoms with Crippen molar-refractivity contribution in [3.05, 3.63) is 54.1 Å². The van der Waals surface area contributed by atoms with Gasteiger partial charge in [0, 0.05) is 24.5 Å². The molecule has 1 aliphatic heterocycles. The van der Waals surface area contributed by atoms with Crippen molar-refractivity contribution in [1.29, 1.82) is 0 Å². The van der Waals surface area contributed by atoms with Gasteiger partial charge < -0.3 is 10.2 Å². The fourth-order valence-corrected chi connectivity index (χ4v) is 3.95. The van der Waals surface area contributed by atoms with Crippen LogP contribution in [0.4, 0.5) is 17.1 Å². The summed E-state index contributed by atoms with van der Waals surface area (Å²) in [6.07, 6.45) is 4.99. The summed E-state index contributed by atoms with van der Waals surface area (Å²) in [4.78, 5) is 15.1. The maximum Gasteiger partial charge on any atom is 0.257 e. The van der Waals surface area contributed by atoms with Gasteiger partial charge in [-0.3, -0.25) is 9.52 Å². The Balaban J connectivity index is 1.71. The summed E-state index contributed by atoms with van der Waals surface area (Å²) >= 11 is 0. The Bertz CT molecular complexity index is 903. The molecule has 28 heavy (non-hydrogen) atoms. The van der Waals surface area contributed by atoms with Gasteiger partial charge in [-0.2, -0.15) is 0 Å². The standard InChI is InChI=1S/C21H27N3O3S/c1-2-28(26,27)23-20-10-6-5-9-19(20)21(25)22-17-11-13-18(14-12-17)24-15-7-3-4-8-16-24/h5-6,9-14,23H,2-4,7-8,15-16H2,1H3,(H,22,25). The Kier molecular flexibility index (Phi) is 6.57. The number of nitrogens with one attached hydrogen (secondary N) is 2. The van der Waals surface area contributed by atoms with Crippen LogP contribution in [0.1, 0.15) is 43.0 Å². The molecule has 0 aliphatic carbocycles. The second-order valence-corrected chi connectivity index (χ2v) is 8.96. The number of sulfonamides is 1. The Labute approximate surface area is 167 Å². The third-order valence-electron chi connectivity index (χ3n) is 4.91. The summed E-state index contributed by atoms with van der Waals surface area (Å²) in [5, 5.41) is 2.85. The van der Waals surface area contributed by atoms with E-state index in [1.165, 1.54) is 25.7 Å². The smallest absolute Gasteiger partial charge is 0.257 e. The highest BCUT2D eigenvalue weighted by Gasteiger charge is 2.16. The minimum Gasteiger partial charge on any atom is -0.372 e. The van der Waals surface area contributed by atoms with Crippen LogP contribution in [-0.2, 0) is 10.0 Å². The van der Waals surface area contributed by atoms with Crippen molar-refractivity contribution in [1.82, 2.24) is 0 Å². The van der Waals surface area contributed by atoms with E-state index in [1.54, 1.807) is 31.2 Å². The molecular formula is C21H27N3O3S. The third-order valence-corrected chi connectivity index (χ3v) is 6.20. The highest BCUT2D eigenvalue weighted by Crippen LogP contribution is 2.23. The first-order valence-corrected chi connectivity index (χ1v) is 11.4. The lowest BCUT2D eigenvalue weighted by atomic mass is 10.1. The average Bonchev–Trinajstić information content (AvgIpc) is 2.98. The summed E-state index contributed by atoms with van der Waals surface area (Å²) in [6, 6.07) is 14.4. The number of anilines is 3. The number of benzene rings is 2. The van der Waals surface area contributed by atoms with Crippen molar-refractivity contribution in [3.8, 4) is 0 Å². The van der Waals surface area contributed by atoms with Crippen molar-refractivity contribution < 1.29 is 13.2 Å². The van der Waals surface area contributed by atoms with E-state index in [9.17, 15) is 13.2 Å². The van der Waals surface area contributed by atoms with Crippen LogP contribution >= 0.6 is 0 Å². The Morgan fingerprint density at radius 3 is 2.25 bits per heavy atom. The largest absolute Gasteiger partial charge is 0.372 e. The monoisotopic (exact) mass is 401 g/mol. The second kappa shape index (κ2) is 9.10. The van der Waals surface area contributed by atoms with Gasteiger partial charge in [0.05, 0.1) is 17.0 Å². The lowest BCUT2D eigenvalue weighted by Crippen LogP contribution is -2.23. The molecule has 6 nitrogen and oxygen atoms in total. The molecule has 0 bridgehead atoms. The van der Waals surface area contributed by atoms with Crippen LogP contribution in [-0.4, -0.2) is 33.2 Å². The lowest BCUT2D eigenvalue weighted by molar-refractivity contribution is 0.102. The Hall–Kier alpha value is -2.54. The molecule has 2 aromatic rings. The van der Waals surface area contributed by atoms with Gasteiger partial charge >= 0.3 is 0 Å². The molecule has 2 aromatic carbocycles. The van der Waals surface area contributed by atoms with Gasteiger partial charge in [-0.15, -0.1) is 0 Å². The number of para-hydroxylation sites is 1. The first-order chi connectivity index (χ1) is 13.5. The summed E-state index contributed by atoms with van der Waals surface area (Å²) in [5.41, 5.74) is 2.41. The normalized spacial score (nSPS) is 15.0. The lowest BCUT2D eigenvalue weighted by Gasteiger charge is -2.22. The van der Waals surface area contributed by atoms with E-state index in [-0.39, 0.29) is 22.9 Å². The van der Waals surface area contributed by atoms with Crippen LogP contribution in [0.15, 0.2) is 48.5 Å². The zero-order valence-corrected chi connectivity index (χ0v) is 17.0. The van der Waals surface area contributed by atoms with Crippen molar-refractivity contribution in [3.63, 3.8) is 0 Å². The van der Waals surface area contributed by atoms with E-state index in [4.69, 9.17) is 0 Å². The first-order valence-electron chi connectivity index (χ1n) is 9.74. The van der Waals surface area contributed by atoms with Crippen LogP contribution in [0.2, 0.25) is 0 Å². The van der Waals surface area contributed by atoms with Crippen LogP contribution < -0.4 is 14.9 Å². The van der Waals surface area contributed by atoms with Crippen LogP contribution in [0.25, 0.3) is 0 Å². The topological polar surface area (TPSA) is 78.5 Å². The van der Waals surface area contributed by atoms with Gasteiger partial charge in [0.25, 0.3) is 5.91 Å². The van der Waals surface area contributed by atoms with Gasteiger partial charge in [-0.1, -0.05) is 25.0 Å². The minimum atomic E-state index is -3.46. The number of carbonyl (C=O) groups is 1. The Morgan fingerprint density at radius 1 is 0.964 bits per heavy atom. The van der Waals surface area contributed by atoms with Gasteiger partial charge in [0.15, 0.2) is 0 Å². The number of amides is 1.